The van der Waals surface area contributed by atoms with Crippen molar-refractivity contribution < 1.29 is 14.2 Å². The fourth-order valence-electron chi connectivity index (χ4n) is 2.96. The van der Waals surface area contributed by atoms with Crippen molar-refractivity contribution in [3.05, 3.63) is 41.6 Å². The Hall–Kier alpha value is -2.70. The molecule has 0 aliphatic carbocycles. The maximum Gasteiger partial charge on any atom is 0.253 e. The Labute approximate surface area is 140 Å². The zero-order valence-corrected chi connectivity index (χ0v) is 13.8. The second kappa shape index (κ2) is 6.43. The monoisotopic (exact) mass is 328 g/mol. The lowest BCUT2D eigenvalue weighted by Crippen LogP contribution is -2.50. The second-order valence-electron chi connectivity index (χ2n) is 6.41. The number of aromatic nitrogens is 2. The van der Waals surface area contributed by atoms with E-state index in [0.29, 0.717) is 36.6 Å². The molecule has 1 unspecified atom stereocenters. The molecule has 1 atom stereocenters. The molecule has 126 valence electrons. The highest BCUT2D eigenvalue weighted by Crippen LogP contribution is 2.31. The van der Waals surface area contributed by atoms with E-state index in [-0.39, 0.29) is 11.8 Å². The molecule has 0 saturated carbocycles. The zero-order valence-electron chi connectivity index (χ0n) is 13.8. The molecule has 0 bridgehead atoms. The summed E-state index contributed by atoms with van der Waals surface area (Å²) in [5.41, 5.74) is 0.493. The summed E-state index contributed by atoms with van der Waals surface area (Å²) in [7, 11) is 0. The second-order valence-corrected chi connectivity index (χ2v) is 6.41. The minimum absolute atomic E-state index is 0.0476. The van der Waals surface area contributed by atoms with E-state index in [1.807, 2.05) is 25.1 Å². The van der Waals surface area contributed by atoms with Gasteiger partial charge >= 0.3 is 0 Å². The van der Waals surface area contributed by atoms with Crippen molar-refractivity contribution in [2.75, 3.05) is 18.4 Å². The van der Waals surface area contributed by atoms with Crippen molar-refractivity contribution >= 4 is 17.6 Å². The number of carbonyl (C=O) groups is 2. The summed E-state index contributed by atoms with van der Waals surface area (Å²) in [4.78, 5) is 27.1. The Balaban J connectivity index is 1.73. The molecule has 2 heterocycles. The first kappa shape index (κ1) is 16.2. The lowest BCUT2D eigenvalue weighted by molar-refractivity contribution is -0.127. The molecule has 24 heavy (non-hydrogen) atoms. The standard InChI is InChI=1S/C17H20N4O3/c1-12-14(20-24-19-12)18-16(23)17(2)9-6-10-21(11-17)15(22)13-7-4-3-5-8-13/h3-5,7-8H,6,9-11H2,1-2H3,(H,18,20,23). The van der Waals surface area contributed by atoms with Crippen molar-refractivity contribution in [1.29, 1.82) is 0 Å². The third kappa shape index (κ3) is 3.15. The molecule has 7 heteroatoms. The molecular formula is C17H20N4O3. The quantitative estimate of drug-likeness (QED) is 0.933. The van der Waals surface area contributed by atoms with Crippen LogP contribution in [-0.4, -0.2) is 40.1 Å². The maximum absolute atomic E-state index is 12.7. The van der Waals surface area contributed by atoms with Gasteiger partial charge in [0.2, 0.25) is 5.91 Å². The Kier molecular flexibility index (Phi) is 4.33. The number of nitrogens with one attached hydrogen (secondary N) is 1. The van der Waals surface area contributed by atoms with Gasteiger partial charge < -0.3 is 10.2 Å². The van der Waals surface area contributed by atoms with Crippen molar-refractivity contribution in [2.45, 2.75) is 26.7 Å². The van der Waals surface area contributed by atoms with Gasteiger partial charge in [-0.1, -0.05) is 23.4 Å². The number of nitrogens with zero attached hydrogens (tertiary/aromatic N) is 3. The molecule has 2 aromatic rings. The number of amides is 2. The van der Waals surface area contributed by atoms with E-state index in [4.69, 9.17) is 0 Å². The smallest absolute Gasteiger partial charge is 0.253 e. The number of anilines is 1. The predicted molar refractivity (Wildman–Crippen MR) is 87.4 cm³/mol. The highest BCUT2D eigenvalue weighted by Gasteiger charge is 2.40. The molecule has 1 fully saturated rings. The lowest BCUT2D eigenvalue weighted by Gasteiger charge is -2.39. The SMILES string of the molecule is Cc1nonc1NC(=O)C1(C)CCCN(C(=O)c2ccccc2)C1. The first-order valence-corrected chi connectivity index (χ1v) is 7.94. The number of hydrogen-bond donors (Lipinski definition) is 1. The minimum Gasteiger partial charge on any atom is -0.338 e. The average molecular weight is 328 g/mol. The van der Waals surface area contributed by atoms with Gasteiger partial charge in [-0.25, -0.2) is 4.63 Å². The molecule has 0 radical (unpaired) electrons. The van der Waals surface area contributed by atoms with Crippen LogP contribution in [-0.2, 0) is 4.79 Å². The van der Waals surface area contributed by atoms with Crippen LogP contribution in [0.15, 0.2) is 35.0 Å². The van der Waals surface area contributed by atoms with Crippen molar-refractivity contribution in [3.8, 4) is 0 Å². The number of likely N-dealkylation sites (tertiary alicyclic amines) is 1. The van der Waals surface area contributed by atoms with Crippen molar-refractivity contribution in [1.82, 2.24) is 15.2 Å². The van der Waals surface area contributed by atoms with E-state index in [0.717, 1.165) is 6.42 Å². The van der Waals surface area contributed by atoms with E-state index in [9.17, 15) is 9.59 Å². The summed E-state index contributed by atoms with van der Waals surface area (Å²) >= 11 is 0. The van der Waals surface area contributed by atoms with Crippen LogP contribution in [0.1, 0.15) is 35.8 Å². The number of piperidine rings is 1. The van der Waals surface area contributed by atoms with Crippen molar-refractivity contribution in [2.24, 2.45) is 5.41 Å². The molecule has 1 aliphatic heterocycles. The first-order chi connectivity index (χ1) is 11.5. The van der Waals surface area contributed by atoms with Gasteiger partial charge in [-0.3, -0.25) is 9.59 Å². The van der Waals surface area contributed by atoms with Gasteiger partial charge in [0.25, 0.3) is 5.91 Å². The molecule has 3 rings (SSSR count). The topological polar surface area (TPSA) is 88.3 Å². The molecule has 0 spiro atoms. The number of hydrogen-bond acceptors (Lipinski definition) is 5. The molecule has 1 aliphatic rings. The molecule has 2 amide bonds. The van der Waals surface area contributed by atoms with Crippen LogP contribution in [0.3, 0.4) is 0 Å². The van der Waals surface area contributed by atoms with Gasteiger partial charge in [0.1, 0.15) is 5.69 Å². The largest absolute Gasteiger partial charge is 0.338 e. The van der Waals surface area contributed by atoms with Crippen LogP contribution in [0.5, 0.6) is 0 Å². The highest BCUT2D eigenvalue weighted by molar-refractivity contribution is 5.97. The van der Waals surface area contributed by atoms with E-state index >= 15 is 0 Å². The van der Waals surface area contributed by atoms with Gasteiger partial charge in [-0.15, -0.1) is 0 Å². The molecular weight excluding hydrogens is 308 g/mol. The Morgan fingerprint density at radius 3 is 2.67 bits per heavy atom. The Morgan fingerprint density at radius 1 is 1.25 bits per heavy atom. The maximum atomic E-state index is 12.7. The minimum atomic E-state index is -0.673. The van der Waals surface area contributed by atoms with Gasteiger partial charge in [0.05, 0.1) is 5.41 Å². The summed E-state index contributed by atoms with van der Waals surface area (Å²) in [5.74, 6) is 0.105. The van der Waals surface area contributed by atoms with E-state index < -0.39 is 5.41 Å². The van der Waals surface area contributed by atoms with Crippen molar-refractivity contribution in [3.63, 3.8) is 0 Å². The van der Waals surface area contributed by atoms with Gasteiger partial charge in [-0.2, -0.15) is 0 Å². The molecule has 7 nitrogen and oxygen atoms in total. The molecule has 1 aromatic carbocycles. The summed E-state index contributed by atoms with van der Waals surface area (Å²) in [6.07, 6.45) is 1.49. The lowest BCUT2D eigenvalue weighted by atomic mass is 9.80. The van der Waals surface area contributed by atoms with Crippen LogP contribution in [0.25, 0.3) is 0 Å². The van der Waals surface area contributed by atoms with E-state index in [1.165, 1.54) is 0 Å². The van der Waals surface area contributed by atoms with Crippen LogP contribution in [0.2, 0.25) is 0 Å². The predicted octanol–water partition coefficient (Wildman–Crippen LogP) is 2.26. The van der Waals surface area contributed by atoms with Gasteiger partial charge in [-0.05, 0) is 44.0 Å². The molecule has 1 aromatic heterocycles. The summed E-state index contributed by atoms with van der Waals surface area (Å²) < 4.78 is 4.60. The Morgan fingerprint density at radius 2 is 2.00 bits per heavy atom. The van der Waals surface area contributed by atoms with Gasteiger partial charge in [0.15, 0.2) is 5.82 Å². The highest BCUT2D eigenvalue weighted by atomic mass is 16.6. The number of rotatable bonds is 3. The average Bonchev–Trinajstić information content (AvgIpc) is 3.00. The van der Waals surface area contributed by atoms with E-state index in [2.05, 4.69) is 20.3 Å². The first-order valence-electron chi connectivity index (χ1n) is 7.94. The van der Waals surface area contributed by atoms with Gasteiger partial charge in [0, 0.05) is 18.7 Å². The molecule has 1 N–H and O–H groups in total. The van der Waals surface area contributed by atoms with E-state index in [1.54, 1.807) is 24.0 Å². The molecule has 1 saturated heterocycles. The summed E-state index contributed by atoms with van der Waals surface area (Å²) in [6, 6.07) is 9.13. The van der Waals surface area contributed by atoms with Crippen LogP contribution >= 0.6 is 0 Å². The third-order valence-electron chi connectivity index (χ3n) is 4.44. The number of aryl methyl sites for hydroxylation is 1. The fraction of sp³-hybridized carbons (Fsp3) is 0.412. The summed E-state index contributed by atoms with van der Waals surface area (Å²) in [5, 5.41) is 10.1. The normalized spacial score (nSPS) is 20.7. The van der Waals surface area contributed by atoms with Crippen LogP contribution in [0.4, 0.5) is 5.82 Å². The van der Waals surface area contributed by atoms with Crippen LogP contribution < -0.4 is 5.32 Å². The number of carbonyl (C=O) groups excluding carboxylic acids is 2. The zero-order chi connectivity index (χ0) is 17.2. The fourth-order valence-corrected chi connectivity index (χ4v) is 2.96. The Bertz CT molecular complexity index is 743. The summed E-state index contributed by atoms with van der Waals surface area (Å²) in [6.45, 7) is 4.61. The van der Waals surface area contributed by atoms with Crippen LogP contribution in [0, 0.1) is 12.3 Å². The third-order valence-corrected chi connectivity index (χ3v) is 4.44. The number of benzene rings is 1.